The molecule has 2 rings (SSSR count). The summed E-state index contributed by atoms with van der Waals surface area (Å²) in [6, 6.07) is 11.4. The van der Waals surface area contributed by atoms with Crippen LogP contribution in [0.15, 0.2) is 41.3 Å². The fourth-order valence-corrected chi connectivity index (χ4v) is 2.88. The Balaban J connectivity index is 2.11. The third-order valence-corrected chi connectivity index (χ3v) is 4.15. The molecule has 2 aromatic carbocycles. The van der Waals surface area contributed by atoms with E-state index in [9.17, 15) is 4.39 Å². The second-order valence-corrected chi connectivity index (χ2v) is 5.96. The van der Waals surface area contributed by atoms with Gasteiger partial charge in [0.25, 0.3) is 0 Å². The number of benzene rings is 2. The second kappa shape index (κ2) is 7.36. The molecule has 0 radical (unpaired) electrons. The van der Waals surface area contributed by atoms with Gasteiger partial charge in [0, 0.05) is 22.4 Å². The minimum atomic E-state index is -0.402. The second-order valence-electron chi connectivity index (χ2n) is 4.95. The number of aryl methyl sites for hydroxylation is 1. The van der Waals surface area contributed by atoms with Gasteiger partial charge in [0.2, 0.25) is 0 Å². The third-order valence-electron chi connectivity index (χ3n) is 3.00. The molecule has 4 heteroatoms. The van der Waals surface area contributed by atoms with E-state index < -0.39 is 5.82 Å². The molecule has 0 atom stereocenters. The van der Waals surface area contributed by atoms with E-state index >= 15 is 0 Å². The van der Waals surface area contributed by atoms with Crippen molar-refractivity contribution in [3.05, 3.63) is 53.3 Å². The smallest absolute Gasteiger partial charge is 0.167 e. The highest BCUT2D eigenvalue weighted by Gasteiger charge is 2.10. The van der Waals surface area contributed by atoms with Crippen LogP contribution in [0.4, 0.5) is 10.1 Å². The first-order valence-corrected chi connectivity index (χ1v) is 7.99. The average molecular weight is 305 g/mol. The average Bonchev–Trinajstić information content (AvgIpc) is 2.45. The van der Waals surface area contributed by atoms with Crippen molar-refractivity contribution in [3.63, 3.8) is 0 Å². The van der Waals surface area contributed by atoms with Gasteiger partial charge in [-0.3, -0.25) is 0 Å². The Kier molecular flexibility index (Phi) is 5.51. The molecule has 2 nitrogen and oxygen atoms in total. The summed E-state index contributed by atoms with van der Waals surface area (Å²) in [7, 11) is 0. The summed E-state index contributed by atoms with van der Waals surface area (Å²) in [6.07, 6.45) is 0.843. The van der Waals surface area contributed by atoms with Crippen molar-refractivity contribution in [3.8, 4) is 5.75 Å². The van der Waals surface area contributed by atoms with E-state index in [0.717, 1.165) is 17.1 Å². The van der Waals surface area contributed by atoms with Crippen molar-refractivity contribution in [2.45, 2.75) is 30.9 Å². The molecule has 0 bridgehead atoms. The number of nitrogens with two attached hydrogens (primary N) is 1. The highest BCUT2D eigenvalue weighted by atomic mass is 32.2. The topological polar surface area (TPSA) is 35.2 Å². The van der Waals surface area contributed by atoms with E-state index in [1.165, 1.54) is 17.2 Å². The van der Waals surface area contributed by atoms with Crippen molar-refractivity contribution in [1.29, 1.82) is 0 Å². The van der Waals surface area contributed by atoms with Gasteiger partial charge in [-0.2, -0.15) is 0 Å². The van der Waals surface area contributed by atoms with Gasteiger partial charge in [-0.1, -0.05) is 36.8 Å². The van der Waals surface area contributed by atoms with Crippen LogP contribution < -0.4 is 10.5 Å². The largest absolute Gasteiger partial charge is 0.490 e. The van der Waals surface area contributed by atoms with E-state index in [2.05, 4.69) is 25.1 Å². The van der Waals surface area contributed by atoms with Crippen molar-refractivity contribution >= 4 is 17.4 Å². The maximum absolute atomic E-state index is 13.8. The highest BCUT2D eigenvalue weighted by molar-refractivity contribution is 7.98. The van der Waals surface area contributed by atoms with Gasteiger partial charge < -0.3 is 10.5 Å². The molecule has 0 aromatic heterocycles. The molecular formula is C17H20FNOS. The fourth-order valence-electron chi connectivity index (χ4n) is 1.96. The molecule has 0 saturated heterocycles. The van der Waals surface area contributed by atoms with Gasteiger partial charge in [0.15, 0.2) is 11.6 Å². The van der Waals surface area contributed by atoms with Crippen LogP contribution in [0.25, 0.3) is 0 Å². The lowest BCUT2D eigenvalue weighted by atomic mass is 10.2. The number of thioether (sulfide) groups is 1. The quantitative estimate of drug-likeness (QED) is 0.615. The summed E-state index contributed by atoms with van der Waals surface area (Å²) in [6.45, 7) is 4.56. The van der Waals surface area contributed by atoms with E-state index in [4.69, 9.17) is 10.5 Å². The predicted octanol–water partition coefficient (Wildman–Crippen LogP) is 4.80. The zero-order valence-corrected chi connectivity index (χ0v) is 13.2. The zero-order chi connectivity index (χ0) is 15.2. The summed E-state index contributed by atoms with van der Waals surface area (Å²) in [5.74, 6) is 0.670. The van der Waals surface area contributed by atoms with Gasteiger partial charge in [-0.25, -0.2) is 4.39 Å². The van der Waals surface area contributed by atoms with Crippen LogP contribution in [0.2, 0.25) is 0 Å². The maximum Gasteiger partial charge on any atom is 0.167 e. The Hall–Kier alpha value is -1.68. The van der Waals surface area contributed by atoms with Crippen LogP contribution >= 0.6 is 11.8 Å². The van der Waals surface area contributed by atoms with Crippen molar-refractivity contribution in [2.24, 2.45) is 0 Å². The van der Waals surface area contributed by atoms with E-state index in [0.29, 0.717) is 12.3 Å². The zero-order valence-electron chi connectivity index (χ0n) is 12.4. The fraction of sp³-hybridized carbons (Fsp3) is 0.294. The Morgan fingerprint density at radius 3 is 2.76 bits per heavy atom. The number of anilines is 1. The van der Waals surface area contributed by atoms with Crippen molar-refractivity contribution in [1.82, 2.24) is 0 Å². The molecule has 0 fully saturated rings. The summed E-state index contributed by atoms with van der Waals surface area (Å²) < 4.78 is 19.2. The monoisotopic (exact) mass is 305 g/mol. The number of ether oxygens (including phenoxy) is 1. The Bertz CT molecular complexity index is 616. The normalized spacial score (nSPS) is 10.6. The first-order valence-electron chi connectivity index (χ1n) is 7.00. The van der Waals surface area contributed by atoms with E-state index in [1.54, 1.807) is 17.8 Å². The number of nitrogen functional groups attached to an aromatic ring is 1. The highest BCUT2D eigenvalue weighted by Crippen LogP contribution is 2.33. The van der Waals surface area contributed by atoms with Crippen molar-refractivity contribution < 1.29 is 9.13 Å². The summed E-state index contributed by atoms with van der Waals surface area (Å²) in [5.41, 5.74) is 8.80. The molecule has 0 amide bonds. The standard InChI is InChI=1S/C17H20FNOS/c1-3-7-20-16-10-17(15(19)9-14(16)18)21-11-13-6-4-5-12(2)8-13/h4-6,8-10H,3,7,11,19H2,1-2H3. The Morgan fingerprint density at radius 2 is 2.05 bits per heavy atom. The van der Waals surface area contributed by atoms with Gasteiger partial charge in [0.1, 0.15) is 0 Å². The van der Waals surface area contributed by atoms with E-state index in [-0.39, 0.29) is 5.75 Å². The minimum absolute atomic E-state index is 0.276. The molecule has 21 heavy (non-hydrogen) atoms. The molecule has 2 N–H and O–H groups in total. The molecule has 0 saturated carbocycles. The summed E-state index contributed by atoms with van der Waals surface area (Å²) in [4.78, 5) is 0.851. The number of hydrogen-bond acceptors (Lipinski definition) is 3. The van der Waals surface area contributed by atoms with Crippen LogP contribution in [-0.4, -0.2) is 6.61 Å². The molecule has 112 valence electrons. The van der Waals surface area contributed by atoms with Crippen LogP contribution in [0.3, 0.4) is 0 Å². The number of halogens is 1. The van der Waals surface area contributed by atoms with Gasteiger partial charge in [0.05, 0.1) is 6.61 Å². The summed E-state index contributed by atoms with van der Waals surface area (Å²) in [5, 5.41) is 0. The lowest BCUT2D eigenvalue weighted by Gasteiger charge is -2.11. The third kappa shape index (κ3) is 4.39. The minimum Gasteiger partial charge on any atom is -0.490 e. The van der Waals surface area contributed by atoms with Crippen LogP contribution in [0.1, 0.15) is 24.5 Å². The lowest BCUT2D eigenvalue weighted by Crippen LogP contribution is -2.00. The SMILES string of the molecule is CCCOc1cc(SCc2cccc(C)c2)c(N)cc1F. The molecule has 0 heterocycles. The first kappa shape index (κ1) is 15.7. The van der Waals surface area contributed by atoms with Crippen LogP contribution in [0, 0.1) is 12.7 Å². The predicted molar refractivity (Wildman–Crippen MR) is 87.3 cm³/mol. The van der Waals surface area contributed by atoms with Crippen LogP contribution in [-0.2, 0) is 5.75 Å². The number of rotatable bonds is 6. The molecular weight excluding hydrogens is 285 g/mol. The molecule has 2 aromatic rings. The molecule has 0 aliphatic rings. The van der Waals surface area contributed by atoms with Crippen molar-refractivity contribution in [2.75, 3.05) is 12.3 Å². The molecule has 0 spiro atoms. The lowest BCUT2D eigenvalue weighted by molar-refractivity contribution is 0.300. The Labute approximate surface area is 129 Å². The van der Waals surface area contributed by atoms with Gasteiger partial charge >= 0.3 is 0 Å². The van der Waals surface area contributed by atoms with E-state index in [1.807, 2.05) is 13.0 Å². The Morgan fingerprint density at radius 1 is 1.24 bits per heavy atom. The maximum atomic E-state index is 13.8. The molecule has 0 aliphatic carbocycles. The molecule has 0 unspecified atom stereocenters. The first-order chi connectivity index (χ1) is 10.1. The van der Waals surface area contributed by atoms with Gasteiger partial charge in [-0.05, 0) is 25.0 Å². The van der Waals surface area contributed by atoms with Crippen LogP contribution in [0.5, 0.6) is 5.75 Å². The van der Waals surface area contributed by atoms with Gasteiger partial charge in [-0.15, -0.1) is 11.8 Å². The number of hydrogen-bond donors (Lipinski definition) is 1. The molecule has 0 aliphatic heterocycles. The summed E-state index contributed by atoms with van der Waals surface area (Å²) >= 11 is 1.59.